The first-order valence-electron chi connectivity index (χ1n) is 27.3. The summed E-state index contributed by atoms with van der Waals surface area (Å²) in [6.45, 7) is 17.5. The largest absolute Gasteiger partial charge is 0.391 e. The molecular weight excluding hydrogens is 1010 g/mol. The molecule has 0 aromatic heterocycles. The molecule has 27 heteroatoms. The van der Waals surface area contributed by atoms with Crippen LogP contribution in [0.2, 0.25) is 0 Å². The molecule has 0 rings (SSSR count). The zero-order valence-electron chi connectivity index (χ0n) is 47.8. The van der Waals surface area contributed by atoms with E-state index in [-0.39, 0.29) is 107 Å². The first-order chi connectivity index (χ1) is 36.5. The lowest BCUT2D eigenvalue weighted by atomic mass is 9.99. The Morgan fingerprint density at radius 2 is 0.705 bits per heavy atom. The first kappa shape index (κ1) is 71.8. The molecular formula is C51H98N16O11. The summed E-state index contributed by atoms with van der Waals surface area (Å²) in [5.74, 6) is -8.24. The molecule has 0 fully saturated rings. The Balaban J connectivity index is 6.97. The highest BCUT2D eigenvalue weighted by molar-refractivity contribution is 5.98. The van der Waals surface area contributed by atoms with Gasteiger partial charge in [0.25, 0.3) is 0 Å². The summed E-state index contributed by atoms with van der Waals surface area (Å²) in [4.78, 5) is 140. The van der Waals surface area contributed by atoms with Gasteiger partial charge in [0.2, 0.25) is 59.1 Å². The fourth-order valence-corrected chi connectivity index (χ4v) is 8.03. The highest BCUT2D eigenvalue weighted by atomic mass is 16.3. The van der Waals surface area contributed by atoms with Crippen LogP contribution in [0.4, 0.5) is 0 Å². The van der Waals surface area contributed by atoms with Crippen molar-refractivity contribution in [3.05, 3.63) is 0 Å². The van der Waals surface area contributed by atoms with Crippen LogP contribution in [0.1, 0.15) is 146 Å². The van der Waals surface area contributed by atoms with Crippen molar-refractivity contribution in [2.75, 3.05) is 26.2 Å². The zero-order valence-corrected chi connectivity index (χ0v) is 47.8. The highest BCUT2D eigenvalue weighted by Crippen LogP contribution is 2.14. The smallest absolute Gasteiger partial charge is 0.245 e. The molecule has 0 aliphatic carbocycles. The summed E-state index contributed by atoms with van der Waals surface area (Å²) in [6, 6.07) is -11.2. The third-order valence-electron chi connectivity index (χ3n) is 12.2. The summed E-state index contributed by atoms with van der Waals surface area (Å²) in [7, 11) is 0. The van der Waals surface area contributed by atoms with Gasteiger partial charge < -0.3 is 87.4 Å². The van der Waals surface area contributed by atoms with Crippen molar-refractivity contribution < 1.29 is 53.1 Å². The predicted octanol–water partition coefficient (Wildman–Crippen LogP) is -3.31. The van der Waals surface area contributed by atoms with Crippen LogP contribution in [0.15, 0.2) is 4.99 Å². The number of aliphatic imine (C=N–C) groups is 1. The van der Waals surface area contributed by atoms with Gasteiger partial charge in [0.05, 0.1) is 12.6 Å². The van der Waals surface area contributed by atoms with Gasteiger partial charge in [-0.15, -0.1) is 0 Å². The fourth-order valence-electron chi connectivity index (χ4n) is 8.03. The van der Waals surface area contributed by atoms with E-state index in [1.807, 2.05) is 27.7 Å². The predicted molar refractivity (Wildman–Crippen MR) is 297 cm³/mol. The number of hydrogen-bond acceptors (Lipinski definition) is 15. The average Bonchev–Trinajstić information content (AvgIpc) is 3.33. The van der Waals surface area contributed by atoms with Crippen LogP contribution in [0, 0.1) is 23.7 Å². The van der Waals surface area contributed by atoms with Crippen molar-refractivity contribution in [1.82, 2.24) is 47.9 Å². The molecule has 78 heavy (non-hydrogen) atoms. The van der Waals surface area contributed by atoms with Crippen LogP contribution in [0.25, 0.3) is 0 Å². The number of guanidine groups is 1. The van der Waals surface area contributed by atoms with Gasteiger partial charge in [-0.1, -0.05) is 55.4 Å². The molecule has 0 heterocycles. The number of carbonyl (C=O) groups is 10. The number of hydrogen-bond donors (Lipinski definition) is 16. The van der Waals surface area contributed by atoms with E-state index in [2.05, 4.69) is 52.8 Å². The molecule has 0 saturated carbocycles. The number of nitrogens with zero attached hydrogens (tertiary/aromatic N) is 1. The lowest BCUT2D eigenvalue weighted by molar-refractivity contribution is -0.137. The second kappa shape index (κ2) is 38.4. The maximum absolute atomic E-state index is 14.4. The number of carbonyl (C=O) groups excluding carboxylic acids is 10. The van der Waals surface area contributed by atoms with E-state index in [0.29, 0.717) is 25.7 Å². The quantitative estimate of drug-likeness (QED) is 0.0162. The van der Waals surface area contributed by atoms with E-state index < -0.39 is 120 Å². The van der Waals surface area contributed by atoms with E-state index >= 15 is 0 Å². The molecule has 0 aliphatic heterocycles. The van der Waals surface area contributed by atoms with Crippen LogP contribution in [0.3, 0.4) is 0 Å². The van der Waals surface area contributed by atoms with Crippen molar-refractivity contribution in [2.45, 2.75) is 207 Å². The summed E-state index contributed by atoms with van der Waals surface area (Å²) < 4.78 is 0. The van der Waals surface area contributed by atoms with Gasteiger partial charge in [0.1, 0.15) is 54.4 Å². The molecule has 0 bridgehead atoms. The van der Waals surface area contributed by atoms with Gasteiger partial charge in [0, 0.05) is 6.54 Å². The molecule has 0 radical (unpaired) electrons. The topological polar surface area (TPSA) is 468 Å². The maximum Gasteiger partial charge on any atom is 0.245 e. The Morgan fingerprint density at radius 3 is 1.03 bits per heavy atom. The number of primary amides is 1. The van der Waals surface area contributed by atoms with Crippen molar-refractivity contribution in [2.24, 2.45) is 63.1 Å². The SMILES string of the molecule is CC(C)C[C@H](NC(=O)CN)C(=O)N[C@@H](CC(C)C)C(=O)N[C@@H](CCCCN)C(=O)N[C@@H](CCCN=C(N)N)C(=O)N[C@@H](CC(C)C)C(=O)N[C@@H](CCCCN)C(=O)N[C@H](C(=O)N[C@@H](CC(C)C)C(=O)N[C@@H](C)C(N)=O)[C@@H](C)O. The number of nitrogens with two attached hydrogens (primary N) is 6. The number of unbranched alkanes of at least 4 members (excludes halogenated alkanes) is 2. The molecule has 0 aromatic rings. The summed E-state index contributed by atoms with van der Waals surface area (Å²) in [6.07, 6.45) is 0.918. The number of aliphatic hydroxyl groups is 1. The van der Waals surface area contributed by atoms with E-state index in [0.717, 1.165) is 0 Å². The van der Waals surface area contributed by atoms with Crippen molar-refractivity contribution >= 4 is 65.0 Å². The van der Waals surface area contributed by atoms with Gasteiger partial charge in [0.15, 0.2) is 5.96 Å². The van der Waals surface area contributed by atoms with Crippen molar-refractivity contribution in [1.29, 1.82) is 0 Å². The van der Waals surface area contributed by atoms with Gasteiger partial charge in [-0.2, -0.15) is 0 Å². The lowest BCUT2D eigenvalue weighted by Crippen LogP contribution is -2.62. The zero-order chi connectivity index (χ0) is 59.8. The summed E-state index contributed by atoms with van der Waals surface area (Å²) >= 11 is 0. The molecule has 10 amide bonds. The van der Waals surface area contributed by atoms with Gasteiger partial charge in [-0.05, 0) is 128 Å². The number of nitrogens with one attached hydrogen (secondary N) is 9. The fraction of sp³-hybridized carbons (Fsp3) is 0.784. The van der Waals surface area contributed by atoms with Crippen molar-refractivity contribution in [3.8, 4) is 0 Å². The van der Waals surface area contributed by atoms with Gasteiger partial charge in [-0.3, -0.25) is 52.9 Å². The molecule has 0 aromatic carbocycles. The maximum atomic E-state index is 14.4. The van der Waals surface area contributed by atoms with E-state index in [1.165, 1.54) is 13.8 Å². The van der Waals surface area contributed by atoms with Crippen LogP contribution >= 0.6 is 0 Å². The molecule has 27 nitrogen and oxygen atoms in total. The lowest BCUT2D eigenvalue weighted by Gasteiger charge is -2.29. The van der Waals surface area contributed by atoms with E-state index in [4.69, 9.17) is 34.4 Å². The molecule has 22 N–H and O–H groups in total. The van der Waals surface area contributed by atoms with E-state index in [1.54, 1.807) is 27.7 Å². The second-order valence-electron chi connectivity index (χ2n) is 21.6. The minimum Gasteiger partial charge on any atom is -0.391 e. The standard InChI is InChI=1S/C51H98N16O11/c1-27(2)22-36(60-40(69)26-54)47(75)65-39(25-30(7)8)49(77)62-33(16-11-13-19-52)43(71)61-35(18-15-21-58-51(56)57)44(72)64-38(24-29(5)6)48(76)63-34(17-12-14-20-53)45(73)67-41(32(10)68)50(78)66-37(23-28(3)4)46(74)59-31(9)42(55)70/h27-39,41,68H,11-26,52-54H2,1-10H3,(H2,55,70)(H,59,74)(H,60,69)(H,61,71)(H,62,77)(H,63,76)(H,64,72)(H,65,75)(H,66,78)(H,67,73)(H4,56,57,58)/t31-,32+,33-,34-,35-,36-,37-,38-,39-,41-/m0/s1. The molecule has 10 atom stereocenters. The third kappa shape index (κ3) is 30.1. The normalized spacial score (nSPS) is 15.2. The number of amides is 10. The Bertz CT molecular complexity index is 1950. The minimum absolute atomic E-state index is 0.0144. The van der Waals surface area contributed by atoms with Crippen LogP contribution < -0.4 is 82.3 Å². The Morgan fingerprint density at radius 1 is 0.397 bits per heavy atom. The molecule has 0 unspecified atom stereocenters. The average molecular weight is 1110 g/mol. The molecule has 448 valence electrons. The monoisotopic (exact) mass is 1110 g/mol. The highest BCUT2D eigenvalue weighted by Gasteiger charge is 2.36. The Hall–Kier alpha value is -6.19. The minimum atomic E-state index is -1.63. The van der Waals surface area contributed by atoms with Crippen LogP contribution in [-0.2, 0) is 47.9 Å². The molecule has 0 saturated heterocycles. The van der Waals surface area contributed by atoms with Gasteiger partial charge >= 0.3 is 0 Å². The Labute approximate surface area is 460 Å². The van der Waals surface area contributed by atoms with Gasteiger partial charge in [-0.25, -0.2) is 0 Å². The van der Waals surface area contributed by atoms with Crippen LogP contribution in [-0.4, -0.2) is 157 Å². The van der Waals surface area contributed by atoms with Crippen molar-refractivity contribution in [3.63, 3.8) is 0 Å². The Kier molecular flexibility index (Phi) is 35.3. The first-order valence-corrected chi connectivity index (χ1v) is 27.3. The third-order valence-corrected chi connectivity index (χ3v) is 12.2. The summed E-state index contributed by atoms with van der Waals surface area (Å²) in [5.41, 5.74) is 33.5. The second-order valence-corrected chi connectivity index (χ2v) is 21.6. The van der Waals surface area contributed by atoms with E-state index in [9.17, 15) is 53.1 Å². The number of rotatable bonds is 40. The summed E-state index contributed by atoms with van der Waals surface area (Å²) in [5, 5.41) is 34.5. The number of aliphatic hydroxyl groups excluding tert-OH is 1. The molecule has 0 aliphatic rings. The molecule has 0 spiro atoms. The van der Waals surface area contributed by atoms with Crippen LogP contribution in [0.5, 0.6) is 0 Å².